The molecule has 0 aliphatic heterocycles. The first-order valence-electron chi connectivity index (χ1n) is 6.75. The van der Waals surface area contributed by atoms with E-state index < -0.39 is 9.84 Å². The van der Waals surface area contributed by atoms with Gasteiger partial charge >= 0.3 is 0 Å². The Morgan fingerprint density at radius 1 is 1.11 bits per heavy atom. The SMILES string of the molecule is CCCCCCCCS(=O)(=O)c1ccc(N)cc1Br. The van der Waals surface area contributed by atoms with Crippen molar-refractivity contribution in [2.75, 3.05) is 11.5 Å². The van der Waals surface area contributed by atoms with E-state index in [0.29, 0.717) is 15.1 Å². The molecule has 0 aliphatic carbocycles. The molecule has 0 saturated carbocycles. The van der Waals surface area contributed by atoms with Crippen LogP contribution in [0.25, 0.3) is 0 Å². The van der Waals surface area contributed by atoms with Crippen LogP contribution in [0.2, 0.25) is 0 Å². The van der Waals surface area contributed by atoms with Crippen molar-refractivity contribution in [3.05, 3.63) is 22.7 Å². The average Bonchev–Trinajstić information content (AvgIpc) is 2.33. The van der Waals surface area contributed by atoms with Crippen molar-refractivity contribution in [2.45, 2.75) is 50.3 Å². The predicted molar refractivity (Wildman–Crippen MR) is 84.0 cm³/mol. The number of anilines is 1. The number of benzene rings is 1. The molecule has 0 unspecified atom stereocenters. The maximum atomic E-state index is 12.2. The lowest BCUT2D eigenvalue weighted by Crippen LogP contribution is -2.08. The number of sulfone groups is 1. The largest absolute Gasteiger partial charge is 0.399 e. The third kappa shape index (κ3) is 5.53. The van der Waals surface area contributed by atoms with Crippen molar-refractivity contribution in [1.29, 1.82) is 0 Å². The van der Waals surface area contributed by atoms with E-state index >= 15 is 0 Å². The maximum absolute atomic E-state index is 12.2. The summed E-state index contributed by atoms with van der Waals surface area (Å²) in [5, 5.41) is 0. The van der Waals surface area contributed by atoms with Gasteiger partial charge in [0.2, 0.25) is 0 Å². The summed E-state index contributed by atoms with van der Waals surface area (Å²) in [6.07, 6.45) is 6.45. The van der Waals surface area contributed by atoms with Gasteiger partial charge in [-0.1, -0.05) is 39.0 Å². The molecule has 0 saturated heterocycles. The third-order valence-corrected chi connectivity index (χ3v) is 5.83. The van der Waals surface area contributed by atoms with E-state index in [1.54, 1.807) is 18.2 Å². The molecule has 1 aromatic carbocycles. The number of rotatable bonds is 8. The molecule has 0 amide bonds. The van der Waals surface area contributed by atoms with Gasteiger partial charge < -0.3 is 5.73 Å². The lowest BCUT2D eigenvalue weighted by molar-refractivity contribution is 0.583. The van der Waals surface area contributed by atoms with Crippen molar-refractivity contribution in [2.24, 2.45) is 0 Å². The fourth-order valence-electron chi connectivity index (χ4n) is 1.95. The molecule has 3 nitrogen and oxygen atoms in total. The second-order valence-electron chi connectivity index (χ2n) is 4.78. The van der Waals surface area contributed by atoms with Gasteiger partial charge in [-0.15, -0.1) is 0 Å². The number of unbranched alkanes of at least 4 members (excludes halogenated alkanes) is 5. The summed E-state index contributed by atoms with van der Waals surface area (Å²) in [6, 6.07) is 4.83. The normalized spacial score (nSPS) is 11.7. The maximum Gasteiger partial charge on any atom is 0.179 e. The predicted octanol–water partition coefficient (Wildman–Crippen LogP) is 4.17. The van der Waals surface area contributed by atoms with Crippen LogP contribution in [-0.2, 0) is 9.84 Å². The molecule has 108 valence electrons. The van der Waals surface area contributed by atoms with E-state index in [-0.39, 0.29) is 5.75 Å². The molecule has 19 heavy (non-hydrogen) atoms. The van der Waals surface area contributed by atoms with Gasteiger partial charge in [0.25, 0.3) is 0 Å². The van der Waals surface area contributed by atoms with E-state index in [0.717, 1.165) is 19.3 Å². The summed E-state index contributed by atoms with van der Waals surface area (Å²) >= 11 is 3.27. The highest BCUT2D eigenvalue weighted by Crippen LogP contribution is 2.25. The van der Waals surface area contributed by atoms with Gasteiger partial charge in [-0.2, -0.15) is 0 Å². The van der Waals surface area contributed by atoms with Gasteiger partial charge in [0.1, 0.15) is 0 Å². The molecule has 0 radical (unpaired) electrons. The fraction of sp³-hybridized carbons (Fsp3) is 0.571. The van der Waals surface area contributed by atoms with Gasteiger partial charge in [-0.3, -0.25) is 0 Å². The Morgan fingerprint density at radius 2 is 1.74 bits per heavy atom. The Kier molecular flexibility index (Phi) is 6.86. The molecular weight excluding hydrogens is 326 g/mol. The first-order valence-corrected chi connectivity index (χ1v) is 9.19. The molecule has 1 aromatic rings. The summed E-state index contributed by atoms with van der Waals surface area (Å²) in [7, 11) is -3.20. The molecule has 0 heterocycles. The number of hydrogen-bond acceptors (Lipinski definition) is 3. The van der Waals surface area contributed by atoms with Crippen LogP contribution >= 0.6 is 15.9 Å². The monoisotopic (exact) mass is 347 g/mol. The molecule has 0 bridgehead atoms. The van der Waals surface area contributed by atoms with Crippen molar-refractivity contribution >= 4 is 31.5 Å². The van der Waals surface area contributed by atoms with Crippen LogP contribution < -0.4 is 5.73 Å². The second kappa shape index (κ2) is 7.90. The van der Waals surface area contributed by atoms with Crippen LogP contribution in [0.15, 0.2) is 27.6 Å². The highest BCUT2D eigenvalue weighted by atomic mass is 79.9. The van der Waals surface area contributed by atoms with Gasteiger partial charge in [0, 0.05) is 10.2 Å². The van der Waals surface area contributed by atoms with Crippen molar-refractivity contribution in [1.82, 2.24) is 0 Å². The zero-order valence-corrected chi connectivity index (χ0v) is 13.8. The van der Waals surface area contributed by atoms with Crippen molar-refractivity contribution < 1.29 is 8.42 Å². The molecular formula is C14H22BrNO2S. The molecule has 0 fully saturated rings. The van der Waals surface area contributed by atoms with Crippen LogP contribution in [0, 0.1) is 0 Å². The molecule has 0 aromatic heterocycles. The quantitative estimate of drug-likeness (QED) is 0.567. The molecule has 0 spiro atoms. The number of halogens is 1. The zero-order chi connectivity index (χ0) is 14.3. The summed E-state index contributed by atoms with van der Waals surface area (Å²) in [4.78, 5) is 0.343. The molecule has 1 rings (SSSR count). The molecule has 0 aliphatic rings. The van der Waals surface area contributed by atoms with Gasteiger partial charge in [-0.25, -0.2) is 8.42 Å². The first-order chi connectivity index (χ1) is 8.97. The summed E-state index contributed by atoms with van der Waals surface area (Å²) in [6.45, 7) is 2.17. The number of nitrogen functional groups attached to an aromatic ring is 1. The Labute approximate surface area is 124 Å². The minimum Gasteiger partial charge on any atom is -0.399 e. The van der Waals surface area contributed by atoms with E-state index in [4.69, 9.17) is 5.73 Å². The fourth-order valence-corrected chi connectivity index (χ4v) is 4.52. The van der Waals surface area contributed by atoms with Crippen LogP contribution in [0.4, 0.5) is 5.69 Å². The summed E-state index contributed by atoms with van der Waals surface area (Å²) in [5.41, 5.74) is 6.17. The van der Waals surface area contributed by atoms with Crippen molar-refractivity contribution in [3.8, 4) is 0 Å². The summed E-state index contributed by atoms with van der Waals surface area (Å²) < 4.78 is 24.9. The Bertz CT molecular complexity index is 500. The minimum absolute atomic E-state index is 0.210. The zero-order valence-electron chi connectivity index (χ0n) is 11.4. The summed E-state index contributed by atoms with van der Waals surface area (Å²) in [5.74, 6) is 0.210. The van der Waals surface area contributed by atoms with E-state index in [1.165, 1.54) is 19.3 Å². The van der Waals surface area contributed by atoms with E-state index in [1.807, 2.05) is 0 Å². The highest BCUT2D eigenvalue weighted by molar-refractivity contribution is 9.10. The van der Waals surface area contributed by atoms with Crippen LogP contribution in [0.3, 0.4) is 0 Å². The minimum atomic E-state index is -3.20. The Balaban J connectivity index is 2.52. The van der Waals surface area contributed by atoms with Gasteiger partial charge in [0.05, 0.1) is 10.6 Å². The standard InChI is InChI=1S/C14H22BrNO2S/c1-2-3-4-5-6-7-10-19(17,18)14-9-8-12(16)11-13(14)15/h8-9,11H,2-7,10,16H2,1H3. The van der Waals surface area contributed by atoms with Gasteiger partial charge in [-0.05, 0) is 40.5 Å². The lowest BCUT2D eigenvalue weighted by Gasteiger charge is -2.07. The second-order valence-corrected chi connectivity index (χ2v) is 7.71. The van der Waals surface area contributed by atoms with E-state index in [9.17, 15) is 8.42 Å². The molecule has 2 N–H and O–H groups in total. The van der Waals surface area contributed by atoms with E-state index in [2.05, 4.69) is 22.9 Å². The van der Waals surface area contributed by atoms with Crippen molar-refractivity contribution in [3.63, 3.8) is 0 Å². The average molecular weight is 348 g/mol. The van der Waals surface area contributed by atoms with Gasteiger partial charge in [0.15, 0.2) is 9.84 Å². The smallest absolute Gasteiger partial charge is 0.179 e. The molecule has 0 atom stereocenters. The first kappa shape index (κ1) is 16.5. The van der Waals surface area contributed by atoms with Crippen LogP contribution in [0.1, 0.15) is 45.4 Å². The Morgan fingerprint density at radius 3 is 2.37 bits per heavy atom. The number of nitrogens with two attached hydrogens (primary N) is 1. The Hall–Kier alpha value is -0.550. The highest BCUT2D eigenvalue weighted by Gasteiger charge is 2.17. The third-order valence-electron chi connectivity index (χ3n) is 3.06. The van der Waals surface area contributed by atoms with Crippen LogP contribution in [-0.4, -0.2) is 14.2 Å². The van der Waals surface area contributed by atoms with Crippen LogP contribution in [0.5, 0.6) is 0 Å². The number of hydrogen-bond donors (Lipinski definition) is 1. The molecule has 5 heteroatoms. The lowest BCUT2D eigenvalue weighted by atomic mass is 10.1. The topological polar surface area (TPSA) is 60.2 Å².